The van der Waals surface area contributed by atoms with Gasteiger partial charge in [-0.3, -0.25) is 4.79 Å². The number of aryl methyl sites for hydroxylation is 2. The number of thiazole rings is 1. The summed E-state index contributed by atoms with van der Waals surface area (Å²) >= 11 is 1.25. The zero-order chi connectivity index (χ0) is 26.3. The molecule has 0 aliphatic heterocycles. The van der Waals surface area contributed by atoms with Crippen molar-refractivity contribution in [1.29, 1.82) is 0 Å². The van der Waals surface area contributed by atoms with Gasteiger partial charge in [0.25, 0.3) is 11.1 Å². The van der Waals surface area contributed by atoms with Crippen LogP contribution in [-0.4, -0.2) is 41.6 Å². The van der Waals surface area contributed by atoms with Crippen LogP contribution in [0.5, 0.6) is 22.7 Å². The number of anilines is 1. The minimum absolute atomic E-state index is 0.0126. The van der Waals surface area contributed by atoms with Crippen molar-refractivity contribution in [3.05, 3.63) is 46.2 Å². The Hall–Kier alpha value is -2.81. The molecule has 0 fully saturated rings. The smallest absolute Gasteiger partial charge is 0.279 e. The Kier molecular flexibility index (Phi) is 9.59. The number of carbonyl (C=O) groups is 1. The van der Waals surface area contributed by atoms with E-state index in [1.54, 1.807) is 5.38 Å². The van der Waals surface area contributed by atoms with Crippen LogP contribution in [0.15, 0.2) is 23.6 Å². The Balaban J connectivity index is 1.76. The van der Waals surface area contributed by atoms with Crippen molar-refractivity contribution in [1.82, 2.24) is 20.0 Å². The predicted molar refractivity (Wildman–Crippen MR) is 146 cm³/mol. The second kappa shape index (κ2) is 12.4. The zero-order valence-corrected chi connectivity index (χ0v) is 23.6. The number of benzene rings is 1. The van der Waals surface area contributed by atoms with Crippen LogP contribution in [-0.2, 0) is 11.8 Å². The van der Waals surface area contributed by atoms with Gasteiger partial charge in [-0.15, -0.1) is 0 Å². The lowest BCUT2D eigenvalue weighted by atomic mass is 9.86. The highest BCUT2D eigenvalue weighted by molar-refractivity contribution is 7.13. The number of unbranched alkanes of at least 4 members (excludes halogenated alkanes) is 1. The summed E-state index contributed by atoms with van der Waals surface area (Å²) in [5, 5.41) is 7.83. The van der Waals surface area contributed by atoms with Gasteiger partial charge in [0, 0.05) is 11.8 Å². The van der Waals surface area contributed by atoms with Crippen LogP contribution >= 0.6 is 20.7 Å². The fraction of sp³-hybridized carbons (Fsp3) is 0.440. The molecule has 1 unspecified atom stereocenters. The van der Waals surface area contributed by atoms with Gasteiger partial charge in [-0.25, -0.2) is 0 Å². The highest BCUT2D eigenvalue weighted by Crippen LogP contribution is 2.34. The summed E-state index contributed by atoms with van der Waals surface area (Å²) < 4.78 is 16.9. The molecule has 2 heterocycles. The lowest BCUT2D eigenvalue weighted by Crippen LogP contribution is -2.16. The van der Waals surface area contributed by atoms with E-state index in [-0.39, 0.29) is 28.6 Å². The zero-order valence-electron chi connectivity index (χ0n) is 21.6. The molecule has 0 aliphatic carbocycles. The molecule has 1 amide bonds. The maximum absolute atomic E-state index is 13.0. The lowest BCUT2D eigenvalue weighted by Gasteiger charge is -2.20. The van der Waals surface area contributed by atoms with Crippen LogP contribution in [0.25, 0.3) is 0 Å². The maximum Gasteiger partial charge on any atom is 0.279 e. The van der Waals surface area contributed by atoms with Gasteiger partial charge < -0.3 is 24.6 Å². The molecule has 194 valence electrons. The molecule has 0 saturated heterocycles. The first kappa shape index (κ1) is 27.8. The molecular formula is C25H34N5O4PS. The molecule has 36 heavy (non-hydrogen) atoms. The predicted octanol–water partition coefficient (Wildman–Crippen LogP) is 5.30. The van der Waals surface area contributed by atoms with Crippen molar-refractivity contribution in [3.63, 3.8) is 0 Å². The summed E-state index contributed by atoms with van der Waals surface area (Å²) in [6.07, 6.45) is 2.54. The molecule has 0 spiro atoms. The number of aromatic nitrogens is 3. The fourth-order valence-corrected chi connectivity index (χ4v) is 4.21. The number of hydrogen-bond donors (Lipinski definition) is 2. The van der Waals surface area contributed by atoms with Crippen molar-refractivity contribution < 1.29 is 19.0 Å². The molecule has 0 aliphatic rings. The largest absolute Gasteiger partial charge is 0.479 e. The topological polar surface area (TPSA) is 107 Å². The highest BCUT2D eigenvalue weighted by atomic mass is 32.1. The Bertz CT molecular complexity index is 1170. The third-order valence-electron chi connectivity index (χ3n) is 5.45. The van der Waals surface area contributed by atoms with E-state index in [1.165, 1.54) is 25.6 Å². The fourth-order valence-electron chi connectivity index (χ4n) is 3.34. The number of nitrogens with one attached hydrogen (secondary N) is 2. The van der Waals surface area contributed by atoms with Crippen LogP contribution in [0.4, 0.5) is 5.69 Å². The molecule has 0 bridgehead atoms. The molecule has 0 saturated carbocycles. The third kappa shape index (κ3) is 7.12. The summed E-state index contributed by atoms with van der Waals surface area (Å²) in [5.41, 5.74) is 2.59. The van der Waals surface area contributed by atoms with Crippen LogP contribution < -0.4 is 24.6 Å². The van der Waals surface area contributed by atoms with Crippen molar-refractivity contribution in [2.24, 2.45) is 0 Å². The van der Waals surface area contributed by atoms with Crippen molar-refractivity contribution >= 4 is 32.3 Å². The van der Waals surface area contributed by atoms with E-state index in [9.17, 15) is 4.79 Å². The lowest BCUT2D eigenvalue weighted by molar-refractivity contribution is 0.102. The maximum atomic E-state index is 13.0. The monoisotopic (exact) mass is 531 g/mol. The number of methoxy groups -OCH3 is 2. The minimum atomic E-state index is -0.444. The highest BCUT2D eigenvalue weighted by Gasteiger charge is 2.22. The van der Waals surface area contributed by atoms with Crippen LogP contribution in [0.3, 0.4) is 0 Å². The average molecular weight is 532 g/mol. The normalized spacial score (nSPS) is 11.3. The second-order valence-electron chi connectivity index (χ2n) is 9.23. The Morgan fingerprint density at radius 3 is 2.39 bits per heavy atom. The van der Waals surface area contributed by atoms with Gasteiger partial charge in [0.15, 0.2) is 5.69 Å². The summed E-state index contributed by atoms with van der Waals surface area (Å²) in [7, 11) is 5.46. The Labute approximate surface area is 218 Å². The van der Waals surface area contributed by atoms with Gasteiger partial charge in [0.1, 0.15) is 17.3 Å². The van der Waals surface area contributed by atoms with E-state index in [1.807, 2.05) is 19.1 Å². The number of carbonyl (C=O) groups excluding carboxylic acids is 1. The second-order valence-corrected chi connectivity index (χ2v) is 10.5. The minimum Gasteiger partial charge on any atom is -0.479 e. The van der Waals surface area contributed by atoms with Crippen LogP contribution in [0, 0.1) is 6.92 Å². The number of ether oxygens (including phenoxy) is 3. The van der Waals surface area contributed by atoms with E-state index in [0.29, 0.717) is 23.2 Å². The molecule has 9 nitrogen and oxygen atoms in total. The number of hydrogen-bond acceptors (Lipinski definition) is 9. The van der Waals surface area contributed by atoms with Gasteiger partial charge in [-0.1, -0.05) is 53.6 Å². The van der Waals surface area contributed by atoms with Crippen LogP contribution in [0.1, 0.15) is 61.1 Å². The molecule has 11 heteroatoms. The van der Waals surface area contributed by atoms with Gasteiger partial charge in [-0.2, -0.15) is 15.0 Å². The van der Waals surface area contributed by atoms with E-state index in [2.05, 4.69) is 61.6 Å². The van der Waals surface area contributed by atoms with E-state index < -0.39 is 5.91 Å². The molecule has 2 aromatic heterocycles. The number of amides is 1. The van der Waals surface area contributed by atoms with E-state index >= 15 is 0 Å². The summed E-state index contributed by atoms with van der Waals surface area (Å²) in [6.45, 7) is 9.30. The van der Waals surface area contributed by atoms with Crippen molar-refractivity contribution in [3.8, 4) is 22.7 Å². The van der Waals surface area contributed by atoms with E-state index in [4.69, 9.17) is 14.2 Å². The Morgan fingerprint density at radius 1 is 1.08 bits per heavy atom. The van der Waals surface area contributed by atoms with Crippen molar-refractivity contribution in [2.45, 2.75) is 52.4 Å². The molecule has 2 N–H and O–H groups in total. The molecule has 3 rings (SSSR count). The molecule has 3 aromatic rings. The van der Waals surface area contributed by atoms with Gasteiger partial charge >= 0.3 is 0 Å². The summed E-state index contributed by atoms with van der Waals surface area (Å²) in [4.78, 5) is 26.3. The molecule has 0 radical (unpaired) electrons. The SMILES string of the molecule is COc1nc(CCCCNP)nc(OC)c1NC(=O)c1csc(Oc2cc(C(C)(C)C)ccc2C)n1. The van der Waals surface area contributed by atoms with E-state index in [0.717, 1.165) is 30.5 Å². The third-order valence-corrected chi connectivity index (χ3v) is 6.46. The van der Waals surface area contributed by atoms with Gasteiger partial charge in [0.05, 0.1) is 14.2 Å². The first-order valence-corrected chi connectivity index (χ1v) is 13.1. The Morgan fingerprint density at radius 2 is 1.78 bits per heavy atom. The molecular weight excluding hydrogens is 497 g/mol. The molecule has 1 aromatic carbocycles. The van der Waals surface area contributed by atoms with Crippen LogP contribution in [0.2, 0.25) is 0 Å². The first-order chi connectivity index (χ1) is 17.2. The van der Waals surface area contributed by atoms with Crippen molar-refractivity contribution in [2.75, 3.05) is 26.1 Å². The first-order valence-electron chi connectivity index (χ1n) is 11.6. The molecule has 1 atom stereocenters. The average Bonchev–Trinajstić information content (AvgIpc) is 3.31. The summed E-state index contributed by atoms with van der Waals surface area (Å²) in [6, 6.07) is 6.14. The number of nitrogens with zero attached hydrogens (tertiary/aromatic N) is 3. The van der Waals surface area contributed by atoms with Gasteiger partial charge in [0.2, 0.25) is 11.8 Å². The summed E-state index contributed by atoms with van der Waals surface area (Å²) in [5.74, 6) is 1.32. The number of rotatable bonds is 11. The van der Waals surface area contributed by atoms with Gasteiger partial charge in [-0.05, 0) is 48.9 Å². The standard InChI is InChI=1S/C25H34N5O4PS/c1-15-10-11-16(25(2,3)4)13-18(15)34-24-27-17(14-36-24)21(31)30-20-22(32-5)28-19(29-23(20)33-6)9-7-8-12-26-35/h10-11,13-14,26H,7-9,12,35H2,1-6H3,(H,30,31). The quantitative estimate of drug-likeness (QED) is 0.253.